The Bertz CT molecular complexity index is 1690. The fourth-order valence-corrected chi connectivity index (χ4v) is 10.2. The van der Waals surface area contributed by atoms with Crippen LogP contribution in [-0.2, 0) is 18.4 Å². The first-order chi connectivity index (χ1) is 39.5. The molecule has 8 nitrogen and oxygen atoms in total. The molecule has 0 aromatic rings. The Kier molecular flexibility index (Phi) is 59.5. The first-order valence-electron chi connectivity index (χ1n) is 33.8. The number of aliphatic hydroxyl groups excluding tert-OH is 1. The van der Waals surface area contributed by atoms with Crippen molar-refractivity contribution in [3.8, 4) is 0 Å². The SMILES string of the molecule is CC/C=C\C/C=C\C/C=C\C/C=C\C/C=C\C/C=C\C/C=C\CCCCCCCC(=O)NC(COP(=O)(O)OCC[N+](C)(C)C)C(O)/C=C/CC/C=C/CCCCCCCCCCCCCCCCCCCCCCCCCCCC. The van der Waals surface area contributed by atoms with E-state index in [9.17, 15) is 19.4 Å². The number of unbranched alkanes of at least 4 members (excludes halogenated alkanes) is 32. The third-order valence-corrected chi connectivity index (χ3v) is 15.7. The molecule has 0 radical (unpaired) electrons. The maximum atomic E-state index is 13.0. The van der Waals surface area contributed by atoms with E-state index in [0.717, 1.165) is 103 Å². The molecule has 3 atom stereocenters. The average molecular weight is 1150 g/mol. The molecule has 1 amide bonds. The van der Waals surface area contributed by atoms with Crippen LogP contribution in [0, 0.1) is 0 Å². The van der Waals surface area contributed by atoms with Gasteiger partial charge in [-0.2, -0.15) is 0 Å². The molecular weight excluding hydrogens is 1020 g/mol. The number of rotatable bonds is 61. The lowest BCUT2D eigenvalue weighted by Crippen LogP contribution is -2.45. The van der Waals surface area contributed by atoms with Gasteiger partial charge in [-0.3, -0.25) is 13.8 Å². The van der Waals surface area contributed by atoms with Crippen molar-refractivity contribution in [3.63, 3.8) is 0 Å². The maximum absolute atomic E-state index is 13.0. The summed E-state index contributed by atoms with van der Waals surface area (Å²) in [6.07, 6.45) is 90.9. The van der Waals surface area contributed by atoms with Crippen molar-refractivity contribution in [2.75, 3.05) is 40.9 Å². The molecule has 0 aromatic carbocycles. The molecule has 0 heterocycles. The fourth-order valence-electron chi connectivity index (χ4n) is 9.51. The van der Waals surface area contributed by atoms with Gasteiger partial charge in [0.05, 0.1) is 39.9 Å². The summed E-state index contributed by atoms with van der Waals surface area (Å²) in [6.45, 7) is 4.68. The van der Waals surface area contributed by atoms with Crippen LogP contribution >= 0.6 is 7.82 Å². The first kappa shape index (κ1) is 78.2. The quantitative estimate of drug-likeness (QED) is 0.0243. The predicted molar refractivity (Wildman–Crippen MR) is 355 cm³/mol. The standard InChI is InChI=1S/C72H129N2O6P/c1-6-8-10-12-14-16-18-20-22-24-26-28-30-32-34-35-36-37-38-40-41-43-45-47-49-51-53-55-57-59-61-63-65-71(75)70(69-80-81(77,78)79-68-67-74(3,4)5)73-72(76)66-64-62-60-58-56-54-52-50-48-46-44-42-39-33-31-29-27-25-23-21-19-17-15-13-11-9-7-2/h9,11,15,17,21,23,27,29,33,39,44,46,50,52,55,57,63,65,70-71,75H,6-8,10,12-14,16,18-20,22,24-26,28,30-32,34-38,40-43,45,47-49,51,53-54,56,58-62,64,66-69H2,1-5H3,(H-,73,76,77,78)/p+1/b11-9-,17-15-,23-21-,29-27-,39-33-,46-44-,52-50-,57-55+,65-63+. The van der Waals surface area contributed by atoms with E-state index in [4.69, 9.17) is 9.05 Å². The number of phosphoric ester groups is 1. The largest absolute Gasteiger partial charge is 0.472 e. The summed E-state index contributed by atoms with van der Waals surface area (Å²) in [5.41, 5.74) is 0. The molecule has 0 aliphatic rings. The Balaban J connectivity index is 4.20. The van der Waals surface area contributed by atoms with Crippen molar-refractivity contribution in [1.82, 2.24) is 5.32 Å². The maximum Gasteiger partial charge on any atom is 0.472 e. The van der Waals surface area contributed by atoms with Crippen LogP contribution in [-0.4, -0.2) is 73.4 Å². The Morgan fingerprint density at radius 3 is 1.14 bits per heavy atom. The molecule has 0 saturated carbocycles. The molecule has 3 unspecified atom stereocenters. The van der Waals surface area contributed by atoms with Gasteiger partial charge in [0.15, 0.2) is 0 Å². The van der Waals surface area contributed by atoms with Crippen LogP contribution in [0.4, 0.5) is 0 Å². The lowest BCUT2D eigenvalue weighted by molar-refractivity contribution is -0.870. The Labute approximate surface area is 501 Å². The van der Waals surface area contributed by atoms with Gasteiger partial charge in [0.25, 0.3) is 0 Å². The summed E-state index contributed by atoms with van der Waals surface area (Å²) in [6, 6.07) is -0.884. The molecule has 0 saturated heterocycles. The number of amides is 1. The number of quaternary nitrogens is 1. The van der Waals surface area contributed by atoms with Gasteiger partial charge in [0.2, 0.25) is 5.91 Å². The van der Waals surface area contributed by atoms with Crippen LogP contribution in [0.5, 0.6) is 0 Å². The van der Waals surface area contributed by atoms with Gasteiger partial charge >= 0.3 is 7.82 Å². The van der Waals surface area contributed by atoms with E-state index < -0.39 is 20.0 Å². The molecule has 3 N–H and O–H groups in total. The van der Waals surface area contributed by atoms with Crippen LogP contribution in [0.1, 0.15) is 290 Å². The van der Waals surface area contributed by atoms with Gasteiger partial charge < -0.3 is 19.8 Å². The molecular formula is C72H130N2O6P+. The number of carbonyl (C=O) groups is 1. The van der Waals surface area contributed by atoms with E-state index in [1.54, 1.807) is 6.08 Å². The zero-order chi connectivity index (χ0) is 59.1. The zero-order valence-electron chi connectivity index (χ0n) is 53.5. The molecule has 0 spiro atoms. The molecule has 0 fully saturated rings. The average Bonchev–Trinajstić information content (AvgIpc) is 3.43. The fraction of sp³-hybridized carbons (Fsp3) is 0.736. The first-order valence-corrected chi connectivity index (χ1v) is 35.3. The molecule has 0 aromatic heterocycles. The van der Waals surface area contributed by atoms with Crippen LogP contribution in [0.25, 0.3) is 0 Å². The van der Waals surface area contributed by atoms with E-state index in [2.05, 4.69) is 116 Å². The number of hydrogen-bond acceptors (Lipinski definition) is 5. The Morgan fingerprint density at radius 1 is 0.432 bits per heavy atom. The highest BCUT2D eigenvalue weighted by Gasteiger charge is 2.27. The van der Waals surface area contributed by atoms with Gasteiger partial charge in [-0.25, -0.2) is 4.57 Å². The highest BCUT2D eigenvalue weighted by Crippen LogP contribution is 2.43. The summed E-state index contributed by atoms with van der Waals surface area (Å²) < 4.78 is 23.8. The van der Waals surface area contributed by atoms with E-state index in [1.165, 1.54) is 167 Å². The number of allylic oxidation sites excluding steroid dienone is 17. The number of carbonyl (C=O) groups excluding carboxylic acids is 1. The lowest BCUT2D eigenvalue weighted by atomic mass is 10.0. The summed E-state index contributed by atoms with van der Waals surface area (Å²) in [5, 5.41) is 14.0. The normalized spacial score (nSPS) is 14.4. The van der Waals surface area contributed by atoms with Crippen molar-refractivity contribution in [2.45, 2.75) is 302 Å². The van der Waals surface area contributed by atoms with Crippen molar-refractivity contribution >= 4 is 13.7 Å². The zero-order valence-corrected chi connectivity index (χ0v) is 54.4. The topological polar surface area (TPSA) is 105 Å². The number of hydrogen-bond donors (Lipinski definition) is 3. The number of nitrogens with zero attached hydrogens (tertiary/aromatic N) is 1. The summed E-state index contributed by atoms with van der Waals surface area (Å²) >= 11 is 0. The molecule has 0 aliphatic carbocycles. The van der Waals surface area contributed by atoms with E-state index in [1.807, 2.05) is 27.2 Å². The highest BCUT2D eigenvalue weighted by atomic mass is 31.2. The molecule has 468 valence electrons. The monoisotopic (exact) mass is 1150 g/mol. The number of nitrogens with one attached hydrogen (secondary N) is 1. The van der Waals surface area contributed by atoms with E-state index >= 15 is 0 Å². The van der Waals surface area contributed by atoms with E-state index in [-0.39, 0.29) is 19.1 Å². The lowest BCUT2D eigenvalue weighted by Gasteiger charge is -2.25. The number of likely N-dealkylation sites (N-methyl/N-ethyl adjacent to an activating group) is 1. The minimum Gasteiger partial charge on any atom is -0.387 e. The van der Waals surface area contributed by atoms with Gasteiger partial charge in [-0.1, -0.05) is 303 Å². The summed E-state index contributed by atoms with van der Waals surface area (Å²) in [7, 11) is 1.53. The van der Waals surface area contributed by atoms with Gasteiger partial charge in [0.1, 0.15) is 13.2 Å². The Hall–Kier alpha value is -2.84. The summed E-state index contributed by atoms with van der Waals surface area (Å²) in [5.74, 6) is -0.207. The molecule has 9 heteroatoms. The molecule has 0 rings (SSSR count). The second-order valence-electron chi connectivity index (χ2n) is 23.8. The predicted octanol–water partition coefficient (Wildman–Crippen LogP) is 21.5. The third kappa shape index (κ3) is 64.6. The van der Waals surface area contributed by atoms with Gasteiger partial charge in [-0.15, -0.1) is 0 Å². The third-order valence-electron chi connectivity index (χ3n) is 14.7. The van der Waals surface area contributed by atoms with Crippen molar-refractivity contribution in [2.24, 2.45) is 0 Å². The second kappa shape index (κ2) is 61.7. The van der Waals surface area contributed by atoms with Crippen LogP contribution in [0.15, 0.2) is 109 Å². The summed E-state index contributed by atoms with van der Waals surface area (Å²) in [4.78, 5) is 23.4. The minimum absolute atomic E-state index is 0.0462. The minimum atomic E-state index is -4.38. The van der Waals surface area contributed by atoms with E-state index in [0.29, 0.717) is 17.4 Å². The molecule has 81 heavy (non-hydrogen) atoms. The highest BCUT2D eigenvalue weighted by molar-refractivity contribution is 7.47. The van der Waals surface area contributed by atoms with Crippen molar-refractivity contribution in [3.05, 3.63) is 109 Å². The Morgan fingerprint density at radius 2 is 0.753 bits per heavy atom. The van der Waals surface area contributed by atoms with Crippen LogP contribution in [0.2, 0.25) is 0 Å². The second-order valence-corrected chi connectivity index (χ2v) is 25.3. The van der Waals surface area contributed by atoms with Crippen LogP contribution in [0.3, 0.4) is 0 Å². The van der Waals surface area contributed by atoms with Gasteiger partial charge in [0, 0.05) is 6.42 Å². The van der Waals surface area contributed by atoms with Gasteiger partial charge in [-0.05, 0) is 89.9 Å². The molecule has 0 bridgehead atoms. The van der Waals surface area contributed by atoms with Crippen molar-refractivity contribution in [1.29, 1.82) is 0 Å². The number of aliphatic hydroxyl groups is 1. The molecule has 0 aliphatic heterocycles. The smallest absolute Gasteiger partial charge is 0.387 e. The van der Waals surface area contributed by atoms with Crippen LogP contribution < -0.4 is 5.32 Å². The van der Waals surface area contributed by atoms with Crippen molar-refractivity contribution < 1.29 is 32.9 Å². The number of phosphoric acid groups is 1.